The third-order valence-corrected chi connectivity index (χ3v) is 5.21. The molecule has 1 aliphatic rings. The molecule has 4 rings (SSSR count). The number of piperidine rings is 1. The fourth-order valence-corrected chi connectivity index (χ4v) is 3.72. The number of nitrogens with zero attached hydrogens (tertiary/aromatic N) is 3. The van der Waals surface area contributed by atoms with Crippen molar-refractivity contribution in [1.82, 2.24) is 14.3 Å². The smallest absolute Gasteiger partial charge is 0.203 e. The predicted molar refractivity (Wildman–Crippen MR) is 98.8 cm³/mol. The topological polar surface area (TPSA) is 40.3 Å². The van der Waals surface area contributed by atoms with Crippen molar-refractivity contribution in [3.63, 3.8) is 0 Å². The molecule has 3 heterocycles. The van der Waals surface area contributed by atoms with Gasteiger partial charge in [-0.25, -0.2) is 0 Å². The largest absolute Gasteiger partial charge is 0.461 e. The normalized spacial score (nSPS) is 15.5. The second-order valence-electron chi connectivity index (χ2n) is 6.62. The van der Waals surface area contributed by atoms with Crippen LogP contribution in [-0.4, -0.2) is 27.4 Å². The van der Waals surface area contributed by atoms with E-state index >= 15 is 0 Å². The van der Waals surface area contributed by atoms with Gasteiger partial charge in [0.2, 0.25) is 4.77 Å². The van der Waals surface area contributed by atoms with Gasteiger partial charge in [0.25, 0.3) is 0 Å². The second kappa shape index (κ2) is 7.37. The molecule has 6 heteroatoms. The van der Waals surface area contributed by atoms with Gasteiger partial charge in [0, 0.05) is 0 Å². The summed E-state index contributed by atoms with van der Waals surface area (Å²) in [6, 6.07) is 14.2. The molecular formula is C19H23N4OS+. The summed E-state index contributed by atoms with van der Waals surface area (Å²) < 4.78 is 10.4. The SMILES string of the molecule is S=c1n(C[NH+]2CCCCC2)nc(-c2ccco2)n1Cc1ccccc1. The number of likely N-dealkylation sites (tertiary alicyclic amines) is 1. The molecule has 130 valence electrons. The van der Waals surface area contributed by atoms with Crippen molar-refractivity contribution in [2.75, 3.05) is 13.1 Å². The van der Waals surface area contributed by atoms with Gasteiger partial charge in [-0.3, -0.25) is 4.57 Å². The van der Waals surface area contributed by atoms with Crippen LogP contribution < -0.4 is 4.90 Å². The average Bonchev–Trinajstić information content (AvgIpc) is 3.28. The minimum atomic E-state index is 0.699. The van der Waals surface area contributed by atoms with Crippen LogP contribution in [0, 0.1) is 4.77 Å². The third-order valence-electron chi connectivity index (χ3n) is 4.78. The molecule has 0 radical (unpaired) electrons. The van der Waals surface area contributed by atoms with Gasteiger partial charge in [0.15, 0.2) is 18.3 Å². The molecule has 1 aliphatic heterocycles. The van der Waals surface area contributed by atoms with E-state index in [1.54, 1.807) is 11.2 Å². The Morgan fingerprint density at radius 2 is 1.84 bits per heavy atom. The van der Waals surface area contributed by atoms with Crippen molar-refractivity contribution in [2.24, 2.45) is 0 Å². The second-order valence-corrected chi connectivity index (χ2v) is 6.99. The van der Waals surface area contributed by atoms with E-state index in [-0.39, 0.29) is 0 Å². The Morgan fingerprint density at radius 1 is 1.04 bits per heavy atom. The molecule has 1 N–H and O–H groups in total. The number of quaternary nitrogens is 1. The fraction of sp³-hybridized carbons (Fsp3) is 0.368. The molecule has 0 atom stereocenters. The summed E-state index contributed by atoms with van der Waals surface area (Å²) in [5.41, 5.74) is 1.20. The van der Waals surface area contributed by atoms with E-state index < -0.39 is 0 Å². The highest BCUT2D eigenvalue weighted by Crippen LogP contribution is 2.20. The summed E-state index contributed by atoms with van der Waals surface area (Å²) in [6.45, 7) is 3.92. The Kier molecular flexibility index (Phi) is 4.81. The minimum absolute atomic E-state index is 0.699. The first-order valence-corrected chi connectivity index (χ1v) is 9.31. The molecule has 3 aromatic rings. The third kappa shape index (κ3) is 3.60. The lowest BCUT2D eigenvalue weighted by molar-refractivity contribution is -0.928. The maximum atomic E-state index is 5.76. The van der Waals surface area contributed by atoms with Crippen LogP contribution in [0.2, 0.25) is 0 Å². The van der Waals surface area contributed by atoms with Crippen LogP contribution in [-0.2, 0) is 13.2 Å². The molecule has 1 saturated heterocycles. The van der Waals surface area contributed by atoms with Crippen LogP contribution in [0.1, 0.15) is 24.8 Å². The molecule has 0 bridgehead atoms. The van der Waals surface area contributed by atoms with Gasteiger partial charge in [-0.05, 0) is 49.2 Å². The summed E-state index contributed by atoms with van der Waals surface area (Å²) in [5, 5.41) is 4.80. The monoisotopic (exact) mass is 355 g/mol. The van der Waals surface area contributed by atoms with Gasteiger partial charge in [0.05, 0.1) is 25.9 Å². The van der Waals surface area contributed by atoms with Crippen LogP contribution in [0.25, 0.3) is 11.6 Å². The number of nitrogens with one attached hydrogen (secondary N) is 1. The van der Waals surface area contributed by atoms with Gasteiger partial charge >= 0.3 is 0 Å². The number of rotatable bonds is 5. The number of furan rings is 1. The standard InChI is InChI=1S/C19H22N4OS/c25-19-22(14-16-8-3-1-4-9-16)18(17-10-7-13-24-17)20-23(19)15-21-11-5-2-6-12-21/h1,3-4,7-10,13H,2,5-6,11-12,14-15H2/p+1. The van der Waals surface area contributed by atoms with Crippen molar-refractivity contribution in [1.29, 1.82) is 0 Å². The van der Waals surface area contributed by atoms with Crippen LogP contribution in [0.3, 0.4) is 0 Å². The van der Waals surface area contributed by atoms with E-state index in [4.69, 9.17) is 21.7 Å². The molecule has 1 aromatic carbocycles. The zero-order chi connectivity index (χ0) is 17.1. The summed E-state index contributed by atoms with van der Waals surface area (Å²) in [5.74, 6) is 1.56. The highest BCUT2D eigenvalue weighted by molar-refractivity contribution is 7.71. The molecule has 0 spiro atoms. The predicted octanol–water partition coefficient (Wildman–Crippen LogP) is 2.75. The van der Waals surface area contributed by atoms with Gasteiger partial charge in [-0.1, -0.05) is 30.3 Å². The number of hydrogen-bond donors (Lipinski definition) is 1. The summed E-state index contributed by atoms with van der Waals surface area (Å²) in [7, 11) is 0. The van der Waals surface area contributed by atoms with Gasteiger partial charge in [-0.2, -0.15) is 4.68 Å². The van der Waals surface area contributed by atoms with Crippen molar-refractivity contribution in [2.45, 2.75) is 32.5 Å². The van der Waals surface area contributed by atoms with Crippen LogP contribution >= 0.6 is 12.2 Å². The summed E-state index contributed by atoms with van der Waals surface area (Å²) in [4.78, 5) is 1.55. The Bertz CT molecular complexity index is 861. The van der Waals surface area contributed by atoms with Crippen molar-refractivity contribution >= 4 is 12.2 Å². The molecule has 0 unspecified atom stereocenters. The molecule has 0 aliphatic carbocycles. The minimum Gasteiger partial charge on any atom is -0.461 e. The zero-order valence-electron chi connectivity index (χ0n) is 14.2. The van der Waals surface area contributed by atoms with E-state index in [0.29, 0.717) is 6.54 Å². The lowest BCUT2D eigenvalue weighted by Gasteiger charge is -2.22. The highest BCUT2D eigenvalue weighted by Gasteiger charge is 2.19. The Hall–Kier alpha value is -2.18. The summed E-state index contributed by atoms with van der Waals surface area (Å²) >= 11 is 5.76. The van der Waals surface area contributed by atoms with Crippen molar-refractivity contribution in [3.8, 4) is 11.6 Å². The van der Waals surface area contributed by atoms with Crippen molar-refractivity contribution in [3.05, 3.63) is 59.1 Å². The molecule has 0 amide bonds. The lowest BCUT2D eigenvalue weighted by Crippen LogP contribution is -3.12. The first-order valence-electron chi connectivity index (χ1n) is 8.90. The van der Waals surface area contributed by atoms with Crippen molar-refractivity contribution < 1.29 is 9.32 Å². The first-order chi connectivity index (χ1) is 12.3. The summed E-state index contributed by atoms with van der Waals surface area (Å²) in [6.07, 6.45) is 5.60. The highest BCUT2D eigenvalue weighted by atomic mass is 32.1. The van der Waals surface area contributed by atoms with E-state index in [1.165, 1.54) is 37.9 Å². The molecule has 25 heavy (non-hydrogen) atoms. The zero-order valence-corrected chi connectivity index (χ0v) is 15.0. The Morgan fingerprint density at radius 3 is 2.56 bits per heavy atom. The number of aromatic nitrogens is 3. The van der Waals surface area contributed by atoms with Gasteiger partial charge in [0.1, 0.15) is 0 Å². The van der Waals surface area contributed by atoms with Crippen LogP contribution in [0.4, 0.5) is 0 Å². The van der Waals surface area contributed by atoms with Gasteiger partial charge in [-0.15, -0.1) is 5.10 Å². The number of hydrogen-bond acceptors (Lipinski definition) is 3. The lowest BCUT2D eigenvalue weighted by atomic mass is 10.1. The molecule has 0 saturated carbocycles. The van der Waals surface area contributed by atoms with Crippen LogP contribution in [0.15, 0.2) is 53.1 Å². The Balaban J connectivity index is 1.69. The molecule has 1 fully saturated rings. The van der Waals surface area contributed by atoms with E-state index in [9.17, 15) is 0 Å². The fourth-order valence-electron chi connectivity index (χ4n) is 3.46. The molecule has 5 nitrogen and oxygen atoms in total. The molecular weight excluding hydrogens is 332 g/mol. The Labute approximate surface area is 152 Å². The number of benzene rings is 1. The maximum Gasteiger partial charge on any atom is 0.203 e. The maximum absolute atomic E-state index is 5.76. The average molecular weight is 355 g/mol. The quantitative estimate of drug-likeness (QED) is 0.716. The van der Waals surface area contributed by atoms with Gasteiger partial charge < -0.3 is 9.32 Å². The van der Waals surface area contributed by atoms with Crippen LogP contribution in [0.5, 0.6) is 0 Å². The first kappa shape index (κ1) is 16.3. The van der Waals surface area contributed by atoms with E-state index in [1.807, 2.05) is 35.0 Å². The molecule has 2 aromatic heterocycles. The van der Waals surface area contributed by atoms with E-state index in [2.05, 4.69) is 16.7 Å². The van der Waals surface area contributed by atoms with E-state index in [0.717, 1.165) is 23.0 Å².